The molecule has 23 heavy (non-hydrogen) atoms. The van der Waals surface area contributed by atoms with Crippen LogP contribution >= 0.6 is 0 Å². The van der Waals surface area contributed by atoms with Gasteiger partial charge in [0, 0.05) is 0 Å². The number of nitrogens with one attached hydrogen (secondary N) is 1. The molecule has 126 valence electrons. The molecule has 0 fully saturated rings. The second-order valence-corrected chi connectivity index (χ2v) is 5.76. The number of hydrogen-bond donors (Lipinski definition) is 4. The van der Waals surface area contributed by atoms with Gasteiger partial charge in [-0.25, -0.2) is 0 Å². The van der Waals surface area contributed by atoms with Crippen molar-refractivity contribution in [3.8, 4) is 17.2 Å². The maximum atomic E-state index is 9.45. The van der Waals surface area contributed by atoms with Crippen molar-refractivity contribution in [1.29, 1.82) is 0 Å². The molecular weight excluding hydrogens is 314 g/mol. The van der Waals surface area contributed by atoms with Crippen molar-refractivity contribution in [1.82, 2.24) is 5.32 Å². The molecule has 0 bridgehead atoms. The Morgan fingerprint density at radius 3 is 2.43 bits per heavy atom. The quantitative estimate of drug-likeness (QED) is 0.418. The van der Waals surface area contributed by atoms with E-state index in [1.165, 1.54) is 6.07 Å². The number of phenols is 3. The fourth-order valence-electron chi connectivity index (χ4n) is 2.46. The molecule has 0 saturated carbocycles. The minimum absolute atomic E-state index is 0. The van der Waals surface area contributed by atoms with Crippen molar-refractivity contribution < 1.29 is 27.7 Å². The highest BCUT2D eigenvalue weighted by Gasteiger charge is 2.05. The molecule has 2 aromatic rings. The van der Waals surface area contributed by atoms with Gasteiger partial charge in [0.15, 0.2) is 11.5 Å². The molecule has 0 aromatic heterocycles. The van der Waals surface area contributed by atoms with Crippen molar-refractivity contribution >= 4 is 0 Å². The second-order valence-electron chi connectivity index (χ2n) is 5.76. The van der Waals surface area contributed by atoms with Gasteiger partial charge in [0.05, 0.1) is 0 Å². The smallest absolute Gasteiger partial charge is 0.157 e. The average molecular weight is 337 g/mol. The molecule has 0 amide bonds. The number of rotatable bonds is 7. The number of phenolic OH excluding ortho intramolecular Hbond substituents is 3. The van der Waals surface area contributed by atoms with E-state index in [1.807, 2.05) is 18.2 Å². The first-order valence-corrected chi connectivity index (χ1v) is 7.54. The van der Waals surface area contributed by atoms with E-state index in [1.54, 1.807) is 18.2 Å². The third-order valence-electron chi connectivity index (χ3n) is 3.62. The molecule has 4 N–H and O–H groups in total. The number of aromatic hydroxyl groups is 3. The lowest BCUT2D eigenvalue weighted by atomic mass is 10.0. The zero-order valence-electron chi connectivity index (χ0n) is 13.2. The monoisotopic (exact) mass is 336 g/mol. The van der Waals surface area contributed by atoms with Crippen LogP contribution in [0.5, 0.6) is 17.2 Å². The molecule has 0 heterocycles. The van der Waals surface area contributed by atoms with E-state index < -0.39 is 0 Å². The number of halogens is 1. The van der Waals surface area contributed by atoms with Crippen LogP contribution in [0.25, 0.3) is 0 Å². The van der Waals surface area contributed by atoms with Crippen molar-refractivity contribution in [2.24, 2.45) is 5.92 Å². The fourth-order valence-corrected chi connectivity index (χ4v) is 2.46. The molecule has 0 radical (unpaired) electrons. The van der Waals surface area contributed by atoms with Crippen molar-refractivity contribution in [3.63, 3.8) is 0 Å². The molecule has 2 aromatic carbocycles. The van der Waals surface area contributed by atoms with Crippen LogP contribution in [0.4, 0.5) is 0 Å². The Bertz CT molecular complexity index is 619. The number of benzene rings is 2. The summed E-state index contributed by atoms with van der Waals surface area (Å²) < 4.78 is 0. The minimum atomic E-state index is -0.0866. The molecule has 1 atom stereocenters. The van der Waals surface area contributed by atoms with Crippen LogP contribution in [-0.2, 0) is 12.8 Å². The maximum Gasteiger partial charge on any atom is 0.157 e. The van der Waals surface area contributed by atoms with Gasteiger partial charge in [-0.2, -0.15) is 0 Å². The number of hydrogen-bond acceptors (Lipinski definition) is 4. The summed E-state index contributed by atoms with van der Waals surface area (Å²) in [6.45, 7) is 3.87. The van der Waals surface area contributed by atoms with E-state index in [-0.39, 0.29) is 23.9 Å². The molecule has 0 aliphatic rings. The second kappa shape index (κ2) is 9.28. The van der Waals surface area contributed by atoms with Crippen molar-refractivity contribution in [2.75, 3.05) is 13.1 Å². The summed E-state index contributed by atoms with van der Waals surface area (Å²) in [6.07, 6.45) is 1.72. The Morgan fingerprint density at radius 2 is 1.74 bits per heavy atom. The van der Waals surface area contributed by atoms with Crippen LogP contribution in [-0.4, -0.2) is 28.4 Å². The topological polar surface area (TPSA) is 72.7 Å². The molecule has 1 unspecified atom stereocenters. The summed E-state index contributed by atoms with van der Waals surface area (Å²) >= 11 is 0. The highest BCUT2D eigenvalue weighted by atomic mass is 35.5. The molecule has 4 nitrogen and oxygen atoms in total. The first kappa shape index (κ1) is 19.1. The van der Waals surface area contributed by atoms with Gasteiger partial charge in [-0.05, 0) is 67.2 Å². The normalized spacial score (nSPS) is 11.7. The molecule has 0 saturated heterocycles. The van der Waals surface area contributed by atoms with Crippen LogP contribution in [0.1, 0.15) is 18.1 Å². The highest BCUT2D eigenvalue weighted by Crippen LogP contribution is 2.24. The van der Waals surface area contributed by atoms with Gasteiger partial charge in [0.25, 0.3) is 0 Å². The molecule has 2 rings (SSSR count). The van der Waals surface area contributed by atoms with Gasteiger partial charge in [0.2, 0.25) is 0 Å². The molecule has 0 aliphatic carbocycles. The van der Waals surface area contributed by atoms with Crippen LogP contribution in [0.15, 0.2) is 42.5 Å². The van der Waals surface area contributed by atoms with Crippen molar-refractivity contribution in [3.05, 3.63) is 53.6 Å². The summed E-state index contributed by atoms with van der Waals surface area (Å²) in [6, 6.07) is 12.3. The first-order valence-electron chi connectivity index (χ1n) is 7.54. The summed E-state index contributed by atoms with van der Waals surface area (Å²) in [7, 11) is 0. The van der Waals surface area contributed by atoms with E-state index in [0.29, 0.717) is 11.7 Å². The summed E-state index contributed by atoms with van der Waals surface area (Å²) in [4.78, 5) is 0. The largest absolute Gasteiger partial charge is 1.00 e. The van der Waals surface area contributed by atoms with E-state index in [0.717, 1.165) is 37.1 Å². The van der Waals surface area contributed by atoms with E-state index >= 15 is 0 Å². The third-order valence-corrected chi connectivity index (χ3v) is 3.62. The average Bonchev–Trinajstić information content (AvgIpc) is 2.47. The van der Waals surface area contributed by atoms with Crippen molar-refractivity contribution in [2.45, 2.75) is 19.8 Å². The maximum absolute atomic E-state index is 9.45. The molecular formula is C18H23ClNO3-. The minimum Gasteiger partial charge on any atom is -1.00 e. The zero-order valence-corrected chi connectivity index (χ0v) is 13.9. The highest BCUT2D eigenvalue weighted by molar-refractivity contribution is 5.40. The lowest BCUT2D eigenvalue weighted by Crippen LogP contribution is -3.00. The summed E-state index contributed by atoms with van der Waals surface area (Å²) in [5.74, 6) is 0.617. The first-order chi connectivity index (χ1) is 10.5. The van der Waals surface area contributed by atoms with E-state index in [9.17, 15) is 15.3 Å². The van der Waals surface area contributed by atoms with Gasteiger partial charge in [-0.3, -0.25) is 0 Å². The van der Waals surface area contributed by atoms with Gasteiger partial charge in [0.1, 0.15) is 5.75 Å². The standard InChI is InChI=1S/C18H23NO3.ClH/c1-13(9-15-3-2-4-16(20)10-15)12-19-8-7-14-5-6-17(21)18(22)11-14;/h2-6,10-11,13,19-22H,7-9,12H2,1H3;1H/p-1. The van der Waals surface area contributed by atoms with E-state index in [4.69, 9.17) is 0 Å². The Kier molecular flexibility index (Phi) is 7.72. The van der Waals surface area contributed by atoms with Gasteiger partial charge < -0.3 is 33.0 Å². The van der Waals surface area contributed by atoms with Crippen LogP contribution in [0, 0.1) is 5.92 Å². The lowest BCUT2D eigenvalue weighted by Gasteiger charge is -2.13. The van der Waals surface area contributed by atoms with Crippen LogP contribution < -0.4 is 17.7 Å². The third kappa shape index (κ3) is 6.38. The van der Waals surface area contributed by atoms with Gasteiger partial charge in [-0.15, -0.1) is 0 Å². The Morgan fingerprint density at radius 1 is 0.957 bits per heavy atom. The Hall–Kier alpha value is -1.91. The SMILES string of the molecule is CC(CNCCc1ccc(O)c(O)c1)Cc1cccc(O)c1.[Cl-]. The van der Waals surface area contributed by atoms with Gasteiger partial charge >= 0.3 is 0 Å². The fraction of sp³-hybridized carbons (Fsp3) is 0.333. The molecule has 0 spiro atoms. The predicted molar refractivity (Wildman–Crippen MR) is 87.3 cm³/mol. The van der Waals surface area contributed by atoms with Crippen LogP contribution in [0.2, 0.25) is 0 Å². The lowest BCUT2D eigenvalue weighted by molar-refractivity contribution is -0.00000751. The summed E-state index contributed by atoms with van der Waals surface area (Å²) in [5, 5.41) is 31.6. The van der Waals surface area contributed by atoms with E-state index in [2.05, 4.69) is 12.2 Å². The Balaban J connectivity index is 0.00000264. The predicted octanol–water partition coefficient (Wildman–Crippen LogP) is -0.182. The summed E-state index contributed by atoms with van der Waals surface area (Å²) in [5.41, 5.74) is 2.13. The van der Waals surface area contributed by atoms with Gasteiger partial charge in [-0.1, -0.05) is 25.1 Å². The molecule has 0 aliphatic heterocycles. The zero-order chi connectivity index (χ0) is 15.9. The van der Waals surface area contributed by atoms with Crippen LogP contribution in [0.3, 0.4) is 0 Å². The molecule has 5 heteroatoms. The Labute approximate surface area is 143 Å².